The lowest BCUT2D eigenvalue weighted by molar-refractivity contribution is -0.127. The summed E-state index contributed by atoms with van der Waals surface area (Å²) in [6, 6.07) is 4.02. The number of pyridine rings is 1. The number of aromatic nitrogens is 3. The molecule has 0 unspecified atom stereocenters. The van der Waals surface area contributed by atoms with Crippen molar-refractivity contribution >= 4 is 11.7 Å². The van der Waals surface area contributed by atoms with E-state index in [0.29, 0.717) is 31.1 Å². The molecule has 1 amide bonds. The number of nitrogens with zero attached hydrogens (tertiary/aromatic N) is 5. The van der Waals surface area contributed by atoms with Crippen molar-refractivity contribution in [1.82, 2.24) is 20.0 Å². The summed E-state index contributed by atoms with van der Waals surface area (Å²) in [5.41, 5.74) is 0.855. The van der Waals surface area contributed by atoms with Crippen molar-refractivity contribution in [3.8, 4) is 11.4 Å². The Bertz CT molecular complexity index is 721. The van der Waals surface area contributed by atoms with E-state index in [1.165, 1.54) is 19.3 Å². The number of carbonyl (C=O) groups excluding carboxylic acids is 1. The Labute approximate surface area is 147 Å². The fraction of sp³-hybridized carbons (Fsp3) is 0.556. The van der Waals surface area contributed by atoms with Gasteiger partial charge in [-0.3, -0.25) is 4.79 Å². The summed E-state index contributed by atoms with van der Waals surface area (Å²) in [6.45, 7) is 3.64. The van der Waals surface area contributed by atoms with Crippen LogP contribution in [-0.4, -0.2) is 52.1 Å². The first-order valence-electron chi connectivity index (χ1n) is 9.11. The number of anilines is 1. The van der Waals surface area contributed by atoms with Gasteiger partial charge in [0.15, 0.2) is 0 Å². The first-order valence-corrected chi connectivity index (χ1v) is 9.11. The van der Waals surface area contributed by atoms with Crippen LogP contribution in [0.5, 0.6) is 0 Å². The molecule has 0 aliphatic carbocycles. The number of rotatable bonds is 5. The molecule has 0 N–H and O–H groups in total. The summed E-state index contributed by atoms with van der Waals surface area (Å²) < 4.78 is 5.32. The summed E-state index contributed by atoms with van der Waals surface area (Å²) in [4.78, 5) is 24.8. The molecule has 2 aliphatic heterocycles. The molecule has 0 spiro atoms. The van der Waals surface area contributed by atoms with Gasteiger partial charge in [-0.1, -0.05) is 5.16 Å². The van der Waals surface area contributed by atoms with Gasteiger partial charge in [-0.05, 0) is 37.8 Å². The molecule has 7 heteroatoms. The van der Waals surface area contributed by atoms with Gasteiger partial charge < -0.3 is 14.3 Å². The maximum atomic E-state index is 11.6. The van der Waals surface area contributed by atoms with E-state index in [1.807, 2.05) is 23.2 Å². The van der Waals surface area contributed by atoms with E-state index < -0.39 is 0 Å². The second kappa shape index (κ2) is 7.21. The largest absolute Gasteiger partial charge is 0.357 e. The van der Waals surface area contributed by atoms with Gasteiger partial charge in [0.05, 0.1) is 0 Å². The minimum atomic E-state index is 0.220. The Morgan fingerprint density at radius 3 is 2.68 bits per heavy atom. The molecule has 4 rings (SSSR count). The third-order valence-corrected chi connectivity index (χ3v) is 4.92. The van der Waals surface area contributed by atoms with Crippen molar-refractivity contribution in [2.75, 3.05) is 31.1 Å². The van der Waals surface area contributed by atoms with Crippen molar-refractivity contribution in [2.45, 2.75) is 38.5 Å². The number of hydrogen-bond donors (Lipinski definition) is 0. The molecular weight excluding hydrogens is 318 g/mol. The lowest BCUT2D eigenvalue weighted by Gasteiger charge is -2.27. The molecule has 2 aromatic heterocycles. The average Bonchev–Trinajstić information content (AvgIpc) is 3.30. The molecule has 4 heterocycles. The highest BCUT2D eigenvalue weighted by Gasteiger charge is 2.20. The second-order valence-corrected chi connectivity index (χ2v) is 6.70. The molecule has 2 fully saturated rings. The zero-order valence-electron chi connectivity index (χ0n) is 14.4. The number of hydrogen-bond acceptors (Lipinski definition) is 6. The molecular formula is C18H23N5O2. The Kier molecular flexibility index (Phi) is 4.63. The van der Waals surface area contributed by atoms with E-state index in [-0.39, 0.29) is 5.91 Å². The lowest BCUT2D eigenvalue weighted by atomic mass is 10.1. The van der Waals surface area contributed by atoms with Crippen LogP contribution in [0.3, 0.4) is 0 Å². The SMILES string of the molecule is O=C1CCCN1CCc1nc(-c2ccc(N3CCCCC3)nc2)no1. The molecule has 2 aliphatic rings. The van der Waals surface area contributed by atoms with Crippen LogP contribution in [0, 0.1) is 0 Å². The van der Waals surface area contributed by atoms with Crippen molar-refractivity contribution in [2.24, 2.45) is 0 Å². The van der Waals surface area contributed by atoms with E-state index in [9.17, 15) is 4.79 Å². The van der Waals surface area contributed by atoms with Crippen LogP contribution >= 0.6 is 0 Å². The highest BCUT2D eigenvalue weighted by molar-refractivity contribution is 5.78. The van der Waals surface area contributed by atoms with Gasteiger partial charge in [-0.15, -0.1) is 0 Å². The van der Waals surface area contributed by atoms with Crippen LogP contribution in [0.25, 0.3) is 11.4 Å². The molecule has 0 atom stereocenters. The van der Waals surface area contributed by atoms with Gasteiger partial charge in [0, 0.05) is 50.8 Å². The third-order valence-electron chi connectivity index (χ3n) is 4.92. The Balaban J connectivity index is 1.38. The predicted molar refractivity (Wildman–Crippen MR) is 93.1 cm³/mol. The quantitative estimate of drug-likeness (QED) is 0.830. The Hall–Kier alpha value is -2.44. The molecule has 7 nitrogen and oxygen atoms in total. The van der Waals surface area contributed by atoms with Crippen LogP contribution in [0.1, 0.15) is 38.0 Å². The third kappa shape index (κ3) is 3.65. The van der Waals surface area contributed by atoms with Crippen molar-refractivity contribution in [3.63, 3.8) is 0 Å². The average molecular weight is 341 g/mol. The first-order chi connectivity index (χ1) is 12.3. The molecule has 132 valence electrons. The standard InChI is InChI=1S/C18H23N5O2/c24-17-5-4-11-23(17)12-8-16-20-18(21-25-16)14-6-7-15(19-13-14)22-9-2-1-3-10-22/h6-7,13H,1-5,8-12H2. The minimum Gasteiger partial charge on any atom is -0.357 e. The van der Waals surface area contributed by atoms with Gasteiger partial charge in [0.2, 0.25) is 17.6 Å². The summed E-state index contributed by atoms with van der Waals surface area (Å²) in [5.74, 6) is 2.35. The zero-order chi connectivity index (χ0) is 17.1. The number of amides is 1. The van der Waals surface area contributed by atoms with Crippen LogP contribution in [0.15, 0.2) is 22.9 Å². The summed E-state index contributed by atoms with van der Waals surface area (Å²) in [6.07, 6.45) is 7.78. The highest BCUT2D eigenvalue weighted by Crippen LogP contribution is 2.21. The molecule has 0 radical (unpaired) electrons. The maximum Gasteiger partial charge on any atom is 0.228 e. The smallest absolute Gasteiger partial charge is 0.228 e. The zero-order valence-corrected chi connectivity index (χ0v) is 14.4. The monoisotopic (exact) mass is 341 g/mol. The number of piperidine rings is 1. The molecule has 0 aromatic carbocycles. The topological polar surface area (TPSA) is 75.4 Å². The van der Waals surface area contributed by atoms with Crippen LogP contribution in [0.4, 0.5) is 5.82 Å². The predicted octanol–water partition coefficient (Wildman–Crippen LogP) is 2.29. The Morgan fingerprint density at radius 2 is 1.96 bits per heavy atom. The summed E-state index contributed by atoms with van der Waals surface area (Å²) in [7, 11) is 0. The fourth-order valence-electron chi connectivity index (χ4n) is 3.47. The molecule has 0 bridgehead atoms. The van der Waals surface area contributed by atoms with Crippen molar-refractivity contribution < 1.29 is 9.32 Å². The minimum absolute atomic E-state index is 0.220. The van der Waals surface area contributed by atoms with E-state index in [2.05, 4.69) is 20.0 Å². The van der Waals surface area contributed by atoms with Crippen LogP contribution in [-0.2, 0) is 11.2 Å². The first kappa shape index (κ1) is 16.1. The van der Waals surface area contributed by atoms with Crippen LogP contribution < -0.4 is 4.90 Å². The van der Waals surface area contributed by atoms with E-state index >= 15 is 0 Å². The van der Waals surface area contributed by atoms with Crippen LogP contribution in [0.2, 0.25) is 0 Å². The van der Waals surface area contributed by atoms with Gasteiger partial charge in [0.25, 0.3) is 0 Å². The second-order valence-electron chi connectivity index (χ2n) is 6.70. The maximum absolute atomic E-state index is 11.6. The Morgan fingerprint density at radius 1 is 1.08 bits per heavy atom. The van der Waals surface area contributed by atoms with Gasteiger partial charge in [-0.25, -0.2) is 4.98 Å². The van der Waals surface area contributed by atoms with E-state index in [4.69, 9.17) is 4.52 Å². The van der Waals surface area contributed by atoms with E-state index in [1.54, 1.807) is 0 Å². The fourth-order valence-corrected chi connectivity index (χ4v) is 3.47. The summed E-state index contributed by atoms with van der Waals surface area (Å²) in [5, 5.41) is 4.05. The normalized spacial score (nSPS) is 18.2. The van der Waals surface area contributed by atoms with Crippen molar-refractivity contribution in [3.05, 3.63) is 24.2 Å². The molecule has 0 saturated carbocycles. The van der Waals surface area contributed by atoms with Crippen molar-refractivity contribution in [1.29, 1.82) is 0 Å². The molecule has 2 aromatic rings. The van der Waals surface area contributed by atoms with Gasteiger partial charge in [0.1, 0.15) is 5.82 Å². The number of carbonyl (C=O) groups is 1. The van der Waals surface area contributed by atoms with Gasteiger partial charge in [-0.2, -0.15) is 4.98 Å². The molecule has 25 heavy (non-hydrogen) atoms. The number of likely N-dealkylation sites (tertiary alicyclic amines) is 1. The lowest BCUT2D eigenvalue weighted by Crippen LogP contribution is -2.29. The van der Waals surface area contributed by atoms with Gasteiger partial charge >= 0.3 is 0 Å². The summed E-state index contributed by atoms with van der Waals surface area (Å²) >= 11 is 0. The molecule has 2 saturated heterocycles. The van der Waals surface area contributed by atoms with E-state index in [0.717, 1.165) is 37.4 Å². The highest BCUT2D eigenvalue weighted by atomic mass is 16.5.